The van der Waals surface area contributed by atoms with E-state index in [0.717, 1.165) is 17.2 Å². The molecule has 0 saturated carbocycles. The number of aromatic amines is 1. The number of aromatic nitrogens is 2. The van der Waals surface area contributed by atoms with Gasteiger partial charge in [-0.3, -0.25) is 4.79 Å². The Bertz CT molecular complexity index is 379. The maximum atomic E-state index is 8.58. The van der Waals surface area contributed by atoms with Gasteiger partial charge in [0.05, 0.1) is 0 Å². The van der Waals surface area contributed by atoms with Crippen LogP contribution in [0.4, 0.5) is 0 Å². The highest BCUT2D eigenvalue weighted by molar-refractivity contribution is 7.71. The zero-order valence-corrected chi connectivity index (χ0v) is 11.9. The fourth-order valence-corrected chi connectivity index (χ4v) is 1.57. The van der Waals surface area contributed by atoms with Crippen LogP contribution in [0.15, 0.2) is 6.20 Å². The molecule has 0 aromatic carbocycles. The first-order valence-electron chi connectivity index (χ1n) is 5.87. The summed E-state index contributed by atoms with van der Waals surface area (Å²) in [5.41, 5.74) is 5.40. The molecule has 17 heavy (non-hydrogen) atoms. The SMILES string of the molecule is CC(C)CCn1cc(C(C)C)[nH]c1=S.NC=O. The third-order valence-electron chi connectivity index (χ3n) is 2.38. The molecule has 0 unspecified atom stereocenters. The quantitative estimate of drug-likeness (QED) is 0.643. The first-order chi connectivity index (χ1) is 7.92. The van der Waals surface area contributed by atoms with Crippen molar-refractivity contribution in [2.45, 2.75) is 46.6 Å². The van der Waals surface area contributed by atoms with Crippen LogP contribution in [0, 0.1) is 10.7 Å². The van der Waals surface area contributed by atoms with Gasteiger partial charge in [-0.25, -0.2) is 0 Å². The maximum Gasteiger partial charge on any atom is 0.204 e. The van der Waals surface area contributed by atoms with Crippen LogP contribution in [0.25, 0.3) is 0 Å². The number of imidazole rings is 1. The summed E-state index contributed by atoms with van der Waals surface area (Å²) in [4.78, 5) is 11.8. The minimum absolute atomic E-state index is 0.250. The minimum atomic E-state index is 0.250. The molecule has 0 fully saturated rings. The van der Waals surface area contributed by atoms with Crippen molar-refractivity contribution in [3.05, 3.63) is 16.7 Å². The number of carbonyl (C=O) groups is 1. The van der Waals surface area contributed by atoms with Crippen molar-refractivity contribution in [1.29, 1.82) is 0 Å². The Morgan fingerprint density at radius 3 is 2.35 bits per heavy atom. The molecular formula is C12H23N3OS. The molecule has 1 aromatic heterocycles. The lowest BCUT2D eigenvalue weighted by atomic mass is 10.1. The summed E-state index contributed by atoms with van der Waals surface area (Å²) >= 11 is 5.25. The summed E-state index contributed by atoms with van der Waals surface area (Å²) in [6, 6.07) is 0. The zero-order chi connectivity index (χ0) is 13.4. The van der Waals surface area contributed by atoms with Crippen LogP contribution in [0.3, 0.4) is 0 Å². The average Bonchev–Trinajstić information content (AvgIpc) is 2.58. The molecule has 0 aliphatic heterocycles. The molecule has 0 saturated heterocycles. The van der Waals surface area contributed by atoms with Crippen LogP contribution in [-0.4, -0.2) is 16.0 Å². The molecular weight excluding hydrogens is 234 g/mol. The maximum absolute atomic E-state index is 8.58. The fraction of sp³-hybridized carbons (Fsp3) is 0.667. The molecule has 0 radical (unpaired) electrons. The van der Waals surface area contributed by atoms with Crippen LogP contribution in [-0.2, 0) is 11.3 Å². The van der Waals surface area contributed by atoms with Crippen LogP contribution < -0.4 is 5.73 Å². The second-order valence-electron chi connectivity index (χ2n) is 4.68. The number of hydrogen-bond acceptors (Lipinski definition) is 2. The molecule has 1 heterocycles. The summed E-state index contributed by atoms with van der Waals surface area (Å²) in [5.74, 6) is 1.26. The topological polar surface area (TPSA) is 63.8 Å². The Labute approximate surface area is 108 Å². The highest BCUT2D eigenvalue weighted by Gasteiger charge is 2.04. The number of nitrogens with two attached hydrogens (primary N) is 1. The number of amides is 1. The van der Waals surface area contributed by atoms with E-state index in [-0.39, 0.29) is 6.41 Å². The van der Waals surface area contributed by atoms with E-state index in [1.165, 1.54) is 12.1 Å². The Morgan fingerprint density at radius 1 is 1.47 bits per heavy atom. The van der Waals surface area contributed by atoms with E-state index in [4.69, 9.17) is 17.0 Å². The lowest BCUT2D eigenvalue weighted by Crippen LogP contribution is -2.00. The van der Waals surface area contributed by atoms with Gasteiger partial charge in [-0.2, -0.15) is 0 Å². The molecule has 1 aromatic rings. The van der Waals surface area contributed by atoms with Gasteiger partial charge >= 0.3 is 0 Å². The van der Waals surface area contributed by atoms with Crippen molar-refractivity contribution in [3.8, 4) is 0 Å². The summed E-state index contributed by atoms with van der Waals surface area (Å²) in [6.45, 7) is 9.85. The van der Waals surface area contributed by atoms with Gasteiger partial charge < -0.3 is 15.3 Å². The lowest BCUT2D eigenvalue weighted by molar-refractivity contribution is -0.106. The Morgan fingerprint density at radius 2 is 2.00 bits per heavy atom. The monoisotopic (exact) mass is 257 g/mol. The highest BCUT2D eigenvalue weighted by atomic mass is 32.1. The number of hydrogen-bond donors (Lipinski definition) is 2. The summed E-state index contributed by atoms with van der Waals surface area (Å²) in [5, 5.41) is 0. The number of H-pyrrole nitrogens is 1. The van der Waals surface area contributed by atoms with Gasteiger partial charge in [0.2, 0.25) is 6.41 Å². The van der Waals surface area contributed by atoms with Gasteiger partial charge in [-0.05, 0) is 30.5 Å². The van der Waals surface area contributed by atoms with Gasteiger partial charge in [-0.1, -0.05) is 27.7 Å². The average molecular weight is 257 g/mol. The number of nitrogens with zero attached hydrogens (tertiary/aromatic N) is 1. The van der Waals surface area contributed by atoms with Crippen LogP contribution in [0.5, 0.6) is 0 Å². The van der Waals surface area contributed by atoms with Gasteiger partial charge in [0.15, 0.2) is 4.77 Å². The lowest BCUT2D eigenvalue weighted by Gasteiger charge is -2.04. The molecule has 1 rings (SSSR count). The standard InChI is InChI=1S/C11H20N2S.CH3NO/c1-8(2)5-6-13-7-10(9(3)4)12-11(13)14;2-1-3/h7-9H,5-6H2,1-4H3,(H,12,14);1H,(H2,2,3). The summed E-state index contributed by atoms with van der Waals surface area (Å²) in [6.07, 6.45) is 3.58. The summed E-state index contributed by atoms with van der Waals surface area (Å²) in [7, 11) is 0. The largest absolute Gasteiger partial charge is 0.372 e. The second kappa shape index (κ2) is 8.06. The van der Waals surface area contributed by atoms with Gasteiger partial charge in [-0.15, -0.1) is 0 Å². The van der Waals surface area contributed by atoms with Crippen molar-refractivity contribution < 1.29 is 4.79 Å². The van der Waals surface area contributed by atoms with Crippen LogP contribution >= 0.6 is 12.2 Å². The molecule has 3 N–H and O–H groups in total. The summed E-state index contributed by atoms with van der Waals surface area (Å²) < 4.78 is 3.00. The number of primary amides is 1. The molecule has 1 amide bonds. The first kappa shape index (κ1) is 15.9. The second-order valence-corrected chi connectivity index (χ2v) is 5.07. The van der Waals surface area contributed by atoms with Crippen molar-refractivity contribution in [2.24, 2.45) is 11.7 Å². The van der Waals surface area contributed by atoms with Crippen LogP contribution in [0.2, 0.25) is 0 Å². The third-order valence-corrected chi connectivity index (χ3v) is 2.71. The molecule has 0 aliphatic rings. The number of carbonyl (C=O) groups excluding carboxylic acids is 1. The predicted octanol–water partition coefficient (Wildman–Crippen LogP) is 2.82. The van der Waals surface area contributed by atoms with Crippen molar-refractivity contribution in [1.82, 2.24) is 9.55 Å². The van der Waals surface area contributed by atoms with Gasteiger partial charge in [0.25, 0.3) is 0 Å². The highest BCUT2D eigenvalue weighted by Crippen LogP contribution is 2.13. The fourth-order valence-electron chi connectivity index (χ4n) is 1.31. The van der Waals surface area contributed by atoms with E-state index in [2.05, 4.69) is 49.2 Å². The smallest absolute Gasteiger partial charge is 0.204 e. The Hall–Kier alpha value is -1.10. The molecule has 0 atom stereocenters. The minimum Gasteiger partial charge on any atom is -0.372 e. The Kier molecular flexibility index (Phi) is 7.54. The molecule has 5 heteroatoms. The van der Waals surface area contributed by atoms with E-state index in [0.29, 0.717) is 5.92 Å². The van der Waals surface area contributed by atoms with Crippen molar-refractivity contribution in [2.75, 3.05) is 0 Å². The zero-order valence-electron chi connectivity index (χ0n) is 11.1. The van der Waals surface area contributed by atoms with Crippen LogP contribution in [0.1, 0.15) is 45.7 Å². The molecule has 0 aliphatic carbocycles. The molecule has 98 valence electrons. The van der Waals surface area contributed by atoms with E-state index in [1.54, 1.807) is 0 Å². The van der Waals surface area contributed by atoms with E-state index in [9.17, 15) is 0 Å². The Balaban J connectivity index is 0.000000770. The van der Waals surface area contributed by atoms with E-state index >= 15 is 0 Å². The molecule has 0 bridgehead atoms. The number of nitrogens with one attached hydrogen (secondary N) is 1. The van der Waals surface area contributed by atoms with Gasteiger partial charge in [0.1, 0.15) is 0 Å². The van der Waals surface area contributed by atoms with Gasteiger partial charge in [0, 0.05) is 18.4 Å². The molecule has 0 spiro atoms. The normalized spacial score (nSPS) is 10.2. The van der Waals surface area contributed by atoms with Crippen molar-refractivity contribution >= 4 is 18.6 Å². The van der Waals surface area contributed by atoms with E-state index in [1.807, 2.05) is 0 Å². The first-order valence-corrected chi connectivity index (χ1v) is 6.27. The number of rotatable bonds is 4. The third kappa shape index (κ3) is 6.26. The van der Waals surface area contributed by atoms with Crippen molar-refractivity contribution in [3.63, 3.8) is 0 Å². The predicted molar refractivity (Wildman–Crippen MR) is 73.4 cm³/mol. The number of aryl methyl sites for hydroxylation is 1. The molecule has 4 nitrogen and oxygen atoms in total. The van der Waals surface area contributed by atoms with E-state index < -0.39 is 0 Å².